The van der Waals surface area contributed by atoms with Crippen LogP contribution < -0.4 is 5.19 Å². The maximum atomic E-state index is 2.68. The van der Waals surface area contributed by atoms with Gasteiger partial charge in [-0.05, 0) is 63.1 Å². The first-order chi connectivity index (χ1) is 15.4. The smallest absolute Gasteiger partial charge is 0.0805 e. The molecule has 182 valence electrons. The molecule has 2 aliphatic carbocycles. The Labute approximate surface area is 211 Å². The molecule has 4 rings (SSSR count). The fraction of sp³-hybridized carbons (Fsp3) is 0.500. The third-order valence-corrected chi connectivity index (χ3v) is 14.4. The Hall–Kier alpha value is -1.65. The second kappa shape index (κ2) is 7.93. The lowest BCUT2D eigenvalue weighted by Gasteiger charge is -2.34. The average molecular weight is 487 g/mol. The molecule has 0 heterocycles. The van der Waals surface area contributed by atoms with E-state index in [1.165, 1.54) is 27.8 Å². The third-order valence-electron chi connectivity index (χ3n) is 8.31. The van der Waals surface area contributed by atoms with Gasteiger partial charge >= 0.3 is 0 Å². The predicted octanol–water partition coefficient (Wildman–Crippen LogP) is 8.90. The first kappa shape index (κ1) is 25.4. The molecule has 2 aliphatic rings. The van der Waals surface area contributed by atoms with Crippen molar-refractivity contribution in [2.45, 2.75) is 104 Å². The quantitative estimate of drug-likeness (QED) is 0.324. The first-order valence-corrected chi connectivity index (χ1v) is 19.7. The highest BCUT2D eigenvalue weighted by Crippen LogP contribution is 2.45. The van der Waals surface area contributed by atoms with Gasteiger partial charge in [-0.25, -0.2) is 0 Å². The zero-order chi connectivity index (χ0) is 25.4. The molecule has 2 aromatic carbocycles. The van der Waals surface area contributed by atoms with Gasteiger partial charge in [0.1, 0.15) is 0 Å². The summed E-state index contributed by atoms with van der Waals surface area (Å²) >= 11 is 0. The van der Waals surface area contributed by atoms with Crippen molar-refractivity contribution in [1.29, 1.82) is 0 Å². The van der Waals surface area contributed by atoms with Gasteiger partial charge in [-0.2, -0.15) is 0 Å². The number of rotatable bonds is 3. The topological polar surface area (TPSA) is 0 Å². The van der Waals surface area contributed by atoms with E-state index in [2.05, 4.69) is 124 Å². The van der Waals surface area contributed by atoms with Crippen LogP contribution in [-0.2, 0) is 17.3 Å². The molecule has 0 bridgehead atoms. The molecule has 34 heavy (non-hydrogen) atoms. The van der Waals surface area contributed by atoms with Gasteiger partial charge in [0.05, 0.1) is 16.1 Å². The summed E-state index contributed by atoms with van der Waals surface area (Å²) in [5.74, 6) is 0. The highest BCUT2D eigenvalue weighted by atomic mass is 28.3. The Morgan fingerprint density at radius 3 is 1.88 bits per heavy atom. The van der Waals surface area contributed by atoms with Crippen molar-refractivity contribution in [3.8, 4) is 11.1 Å². The van der Waals surface area contributed by atoms with E-state index in [0.29, 0.717) is 5.54 Å². The summed E-state index contributed by atoms with van der Waals surface area (Å²) in [6.07, 6.45) is 6.32. The van der Waals surface area contributed by atoms with E-state index in [0.717, 1.165) is 6.42 Å². The van der Waals surface area contributed by atoms with Crippen molar-refractivity contribution in [1.82, 2.24) is 0 Å². The molecule has 0 saturated heterocycles. The molecule has 1 atom stereocenters. The van der Waals surface area contributed by atoms with Crippen molar-refractivity contribution in [3.05, 3.63) is 75.5 Å². The number of hydrogen-bond donors (Lipinski definition) is 0. The van der Waals surface area contributed by atoms with E-state index >= 15 is 0 Å². The van der Waals surface area contributed by atoms with Crippen molar-refractivity contribution in [3.63, 3.8) is 0 Å². The monoisotopic (exact) mass is 486 g/mol. The first-order valence-electron chi connectivity index (χ1n) is 13.1. The van der Waals surface area contributed by atoms with Crippen LogP contribution in [0.25, 0.3) is 11.1 Å². The molecule has 2 aromatic rings. The minimum absolute atomic E-state index is 0.137. The zero-order valence-corrected chi connectivity index (χ0v) is 25.8. The van der Waals surface area contributed by atoms with Gasteiger partial charge in [0.15, 0.2) is 0 Å². The summed E-state index contributed by atoms with van der Waals surface area (Å²) < 4.78 is 0. The van der Waals surface area contributed by atoms with Crippen LogP contribution in [-0.4, -0.2) is 16.1 Å². The average Bonchev–Trinajstić information content (AvgIpc) is 3.26. The van der Waals surface area contributed by atoms with Gasteiger partial charge in [-0.15, -0.1) is 0 Å². The zero-order valence-electron chi connectivity index (χ0n) is 23.8. The molecule has 2 heteroatoms. The SMILES string of the molecule is CC1=CC([Si](C)(C)C)=CC1[Si](C)(C)c1cc(C(C)(C)C)cc2c1Cc1ccc(C(C)(C)C)cc1-2. The molecular formula is C32H46Si2. The standard InChI is InChI=1S/C32H46Si2/c1-21-15-25(33(8,9)10)20-29(21)34(11,12)30-19-24(32(5,6)7)18-27-26-17-23(31(2,3)4)14-13-22(26)16-28(27)30/h13-15,17-20,29H,16H2,1-12H3. The van der Waals surface area contributed by atoms with Gasteiger partial charge in [-0.1, -0.05) is 133 Å². The maximum Gasteiger partial charge on any atom is 0.0919 e. The highest BCUT2D eigenvalue weighted by Gasteiger charge is 2.41. The lowest BCUT2D eigenvalue weighted by molar-refractivity contribution is 0.589. The van der Waals surface area contributed by atoms with E-state index in [-0.39, 0.29) is 10.8 Å². The fourth-order valence-corrected chi connectivity index (χ4v) is 11.0. The van der Waals surface area contributed by atoms with Gasteiger partial charge < -0.3 is 0 Å². The van der Waals surface area contributed by atoms with Crippen LogP contribution in [0.2, 0.25) is 38.3 Å². The van der Waals surface area contributed by atoms with Gasteiger partial charge in [-0.3, -0.25) is 0 Å². The third kappa shape index (κ3) is 4.37. The summed E-state index contributed by atoms with van der Waals surface area (Å²) in [5.41, 5.74) is 11.6. The summed E-state index contributed by atoms with van der Waals surface area (Å²) in [4.78, 5) is 0. The molecule has 0 spiro atoms. The van der Waals surface area contributed by atoms with Crippen LogP contribution in [0.4, 0.5) is 0 Å². The highest BCUT2D eigenvalue weighted by molar-refractivity contribution is 6.93. The number of allylic oxidation sites excluding steroid dienone is 4. The molecule has 0 saturated carbocycles. The summed E-state index contributed by atoms with van der Waals surface area (Å²) in [6, 6.07) is 12.4. The second-order valence-electron chi connectivity index (χ2n) is 14.6. The second-order valence-corrected chi connectivity index (χ2v) is 24.2. The van der Waals surface area contributed by atoms with Crippen LogP contribution in [0, 0.1) is 0 Å². The Morgan fingerprint density at radius 2 is 1.35 bits per heavy atom. The minimum atomic E-state index is -1.81. The molecule has 0 N–H and O–H groups in total. The Balaban J connectivity index is 1.93. The normalized spacial score (nSPS) is 18.5. The van der Waals surface area contributed by atoms with Crippen LogP contribution in [0.5, 0.6) is 0 Å². The lowest BCUT2D eigenvalue weighted by atomic mass is 9.83. The molecule has 0 aromatic heterocycles. The van der Waals surface area contributed by atoms with Crippen molar-refractivity contribution in [2.75, 3.05) is 0 Å². The van der Waals surface area contributed by atoms with Crippen molar-refractivity contribution < 1.29 is 0 Å². The largest absolute Gasteiger partial charge is 0.0919 e. The van der Waals surface area contributed by atoms with E-state index < -0.39 is 16.1 Å². The summed E-state index contributed by atoms with van der Waals surface area (Å²) in [7, 11) is -3.13. The Bertz CT molecular complexity index is 1200. The molecule has 0 fully saturated rings. The summed E-state index contributed by atoms with van der Waals surface area (Å²) in [5, 5.41) is 3.34. The van der Waals surface area contributed by atoms with Gasteiger partial charge in [0.2, 0.25) is 0 Å². The molecule has 0 amide bonds. The van der Waals surface area contributed by atoms with Gasteiger partial charge in [0, 0.05) is 0 Å². The Morgan fingerprint density at radius 1 is 0.765 bits per heavy atom. The van der Waals surface area contributed by atoms with E-state index in [4.69, 9.17) is 0 Å². The van der Waals surface area contributed by atoms with Crippen LogP contribution in [0.15, 0.2) is 53.3 Å². The minimum Gasteiger partial charge on any atom is -0.0805 e. The van der Waals surface area contributed by atoms with Crippen molar-refractivity contribution >= 4 is 21.3 Å². The van der Waals surface area contributed by atoms with E-state index in [9.17, 15) is 0 Å². The molecule has 1 unspecified atom stereocenters. The predicted molar refractivity (Wildman–Crippen MR) is 158 cm³/mol. The molecule has 0 aliphatic heterocycles. The molecular weight excluding hydrogens is 441 g/mol. The molecule has 0 nitrogen and oxygen atoms in total. The van der Waals surface area contributed by atoms with E-state index in [1.807, 2.05) is 0 Å². The van der Waals surface area contributed by atoms with Crippen LogP contribution in [0.1, 0.15) is 70.7 Å². The van der Waals surface area contributed by atoms with Gasteiger partial charge in [0.25, 0.3) is 0 Å². The number of benzene rings is 2. The summed E-state index contributed by atoms with van der Waals surface area (Å²) in [6.45, 7) is 29.2. The van der Waals surface area contributed by atoms with Crippen LogP contribution in [0.3, 0.4) is 0 Å². The number of fused-ring (bicyclic) bond motifs is 3. The van der Waals surface area contributed by atoms with Crippen molar-refractivity contribution in [2.24, 2.45) is 0 Å². The number of hydrogen-bond acceptors (Lipinski definition) is 0. The lowest BCUT2D eigenvalue weighted by Crippen LogP contribution is -2.48. The maximum absolute atomic E-state index is 2.68. The Kier molecular flexibility index (Phi) is 5.94. The molecule has 0 radical (unpaired) electrons. The van der Waals surface area contributed by atoms with Crippen LogP contribution >= 0.6 is 0 Å². The fourth-order valence-electron chi connectivity index (χ4n) is 5.85. The van der Waals surface area contributed by atoms with E-state index in [1.54, 1.807) is 21.5 Å².